The van der Waals surface area contributed by atoms with Gasteiger partial charge in [-0.2, -0.15) is 17.5 Å². The van der Waals surface area contributed by atoms with E-state index in [1.807, 2.05) is 0 Å². The second-order valence-corrected chi connectivity index (χ2v) is 2.55. The molecule has 0 saturated carbocycles. The molecule has 11 heavy (non-hydrogen) atoms. The van der Waals surface area contributed by atoms with Crippen molar-refractivity contribution in [2.75, 3.05) is 0 Å². The van der Waals surface area contributed by atoms with Gasteiger partial charge in [0.15, 0.2) is 6.29 Å². The maximum absolute atomic E-state index is 11.9. The zero-order valence-electron chi connectivity index (χ0n) is 5.05. The second kappa shape index (κ2) is 2.61. The summed E-state index contributed by atoms with van der Waals surface area (Å²) in [7, 11) is 0. The van der Waals surface area contributed by atoms with Crippen LogP contribution in [-0.2, 0) is 6.18 Å². The molecule has 0 unspecified atom stereocenters. The van der Waals surface area contributed by atoms with Crippen LogP contribution in [0.15, 0.2) is 6.20 Å². The lowest BCUT2D eigenvalue weighted by molar-refractivity contribution is -0.137. The van der Waals surface area contributed by atoms with Crippen molar-refractivity contribution in [3.63, 3.8) is 0 Å². The molecule has 0 aromatic carbocycles. The molecule has 0 radical (unpaired) electrons. The van der Waals surface area contributed by atoms with E-state index in [1.54, 1.807) is 0 Å². The van der Waals surface area contributed by atoms with Gasteiger partial charge in [0.05, 0.1) is 16.6 Å². The van der Waals surface area contributed by atoms with E-state index in [9.17, 15) is 18.0 Å². The van der Waals surface area contributed by atoms with Crippen LogP contribution in [0.25, 0.3) is 0 Å². The first-order valence-corrected chi connectivity index (χ1v) is 3.30. The smallest absolute Gasteiger partial charge is 0.297 e. The predicted octanol–water partition coefficient (Wildman–Crippen LogP) is 1.97. The van der Waals surface area contributed by atoms with Crippen LogP contribution in [0.5, 0.6) is 0 Å². The monoisotopic (exact) mass is 181 g/mol. The van der Waals surface area contributed by atoms with Gasteiger partial charge in [0.25, 0.3) is 0 Å². The highest BCUT2D eigenvalue weighted by atomic mass is 32.1. The molecular weight excluding hydrogens is 179 g/mol. The lowest BCUT2D eigenvalue weighted by Gasteiger charge is -2.01. The Balaban J connectivity index is 3.12. The SMILES string of the molecule is O=Cc1sncc1C(F)(F)F. The number of hydrogen-bond acceptors (Lipinski definition) is 3. The summed E-state index contributed by atoms with van der Waals surface area (Å²) in [6, 6.07) is 0. The molecule has 0 fully saturated rings. The van der Waals surface area contributed by atoms with Gasteiger partial charge in [-0.1, -0.05) is 0 Å². The number of rotatable bonds is 1. The summed E-state index contributed by atoms with van der Waals surface area (Å²) in [6.07, 6.45) is -3.67. The number of aromatic nitrogens is 1. The Hall–Kier alpha value is -0.910. The predicted molar refractivity (Wildman–Crippen MR) is 32.5 cm³/mol. The number of carbonyl (C=O) groups excluding carboxylic acids is 1. The number of aldehydes is 1. The van der Waals surface area contributed by atoms with Crippen LogP contribution in [0.3, 0.4) is 0 Å². The Bertz CT molecular complexity index is 267. The molecular formula is C5H2F3NOS. The minimum atomic E-state index is -4.47. The zero-order chi connectivity index (χ0) is 8.48. The first-order valence-electron chi connectivity index (χ1n) is 2.52. The Morgan fingerprint density at radius 3 is 2.55 bits per heavy atom. The lowest BCUT2D eigenvalue weighted by atomic mass is 10.3. The summed E-state index contributed by atoms with van der Waals surface area (Å²) in [6.45, 7) is 0. The molecule has 60 valence electrons. The van der Waals surface area contributed by atoms with Crippen molar-refractivity contribution in [2.24, 2.45) is 0 Å². The van der Waals surface area contributed by atoms with Gasteiger partial charge in [0.2, 0.25) is 0 Å². The summed E-state index contributed by atoms with van der Waals surface area (Å²) in [5, 5.41) is 0. The summed E-state index contributed by atoms with van der Waals surface area (Å²) in [5.41, 5.74) is -0.961. The highest BCUT2D eigenvalue weighted by Gasteiger charge is 2.34. The van der Waals surface area contributed by atoms with E-state index in [0.29, 0.717) is 17.7 Å². The molecule has 0 bridgehead atoms. The Morgan fingerprint density at radius 1 is 1.55 bits per heavy atom. The van der Waals surface area contributed by atoms with Crippen molar-refractivity contribution in [3.8, 4) is 0 Å². The molecule has 0 spiro atoms. The van der Waals surface area contributed by atoms with Crippen molar-refractivity contribution in [2.45, 2.75) is 6.18 Å². The fourth-order valence-electron chi connectivity index (χ4n) is 0.547. The van der Waals surface area contributed by atoms with Crippen molar-refractivity contribution in [3.05, 3.63) is 16.6 Å². The van der Waals surface area contributed by atoms with Crippen LogP contribution < -0.4 is 0 Å². The maximum Gasteiger partial charge on any atom is 0.419 e. The molecule has 1 heterocycles. The van der Waals surface area contributed by atoms with E-state index in [2.05, 4.69) is 4.37 Å². The first-order chi connectivity index (χ1) is 5.05. The topological polar surface area (TPSA) is 30.0 Å². The average Bonchev–Trinajstić information content (AvgIpc) is 2.31. The summed E-state index contributed by atoms with van der Waals surface area (Å²) >= 11 is 0.538. The molecule has 0 aliphatic rings. The van der Waals surface area contributed by atoms with Crippen molar-refractivity contribution < 1.29 is 18.0 Å². The van der Waals surface area contributed by atoms with Crippen LogP contribution >= 0.6 is 11.5 Å². The minimum absolute atomic E-state index is 0.153. The molecule has 0 aliphatic carbocycles. The lowest BCUT2D eigenvalue weighted by Crippen LogP contribution is -2.05. The van der Waals surface area contributed by atoms with E-state index in [-0.39, 0.29) is 11.2 Å². The molecule has 0 amide bonds. The fraction of sp³-hybridized carbons (Fsp3) is 0.200. The van der Waals surface area contributed by atoms with Crippen LogP contribution in [-0.4, -0.2) is 10.7 Å². The van der Waals surface area contributed by atoms with Gasteiger partial charge in [-0.05, 0) is 11.5 Å². The molecule has 0 atom stereocenters. The van der Waals surface area contributed by atoms with Crippen LogP contribution in [0.1, 0.15) is 15.2 Å². The fourth-order valence-corrected chi connectivity index (χ4v) is 1.13. The van der Waals surface area contributed by atoms with Crippen LogP contribution in [0.4, 0.5) is 13.2 Å². The van der Waals surface area contributed by atoms with Gasteiger partial charge in [-0.25, -0.2) is 0 Å². The normalized spacial score (nSPS) is 11.5. The van der Waals surface area contributed by atoms with Gasteiger partial charge in [0.1, 0.15) is 0 Å². The Kier molecular flexibility index (Phi) is 1.95. The summed E-state index contributed by atoms with van der Waals surface area (Å²) in [4.78, 5) is 9.63. The quantitative estimate of drug-likeness (QED) is 0.620. The average molecular weight is 181 g/mol. The summed E-state index contributed by atoms with van der Waals surface area (Å²) in [5.74, 6) is 0. The Morgan fingerprint density at radius 2 is 2.18 bits per heavy atom. The number of alkyl halides is 3. The van der Waals surface area contributed by atoms with E-state index >= 15 is 0 Å². The number of carbonyl (C=O) groups is 1. The summed E-state index contributed by atoms with van der Waals surface area (Å²) < 4.78 is 38.9. The third-order valence-electron chi connectivity index (χ3n) is 1.01. The standard InChI is InChI=1S/C5H2F3NOS/c6-5(7,8)3-1-9-11-4(3)2-10/h1-2H. The number of nitrogens with zero attached hydrogens (tertiary/aromatic N) is 1. The highest BCUT2D eigenvalue weighted by Crippen LogP contribution is 2.32. The van der Waals surface area contributed by atoms with Gasteiger partial charge in [-0.15, -0.1) is 0 Å². The van der Waals surface area contributed by atoms with E-state index in [1.165, 1.54) is 0 Å². The molecule has 0 saturated heterocycles. The van der Waals surface area contributed by atoms with Crippen molar-refractivity contribution >= 4 is 17.8 Å². The third-order valence-corrected chi connectivity index (χ3v) is 1.73. The molecule has 1 aromatic rings. The maximum atomic E-state index is 11.9. The second-order valence-electron chi connectivity index (χ2n) is 1.72. The molecule has 1 rings (SSSR count). The minimum Gasteiger partial charge on any atom is -0.297 e. The van der Waals surface area contributed by atoms with Gasteiger partial charge < -0.3 is 0 Å². The Labute approximate surface area is 63.8 Å². The van der Waals surface area contributed by atoms with Crippen molar-refractivity contribution in [1.82, 2.24) is 4.37 Å². The molecule has 6 heteroatoms. The molecule has 0 N–H and O–H groups in total. The van der Waals surface area contributed by atoms with E-state index in [4.69, 9.17) is 0 Å². The third kappa shape index (κ3) is 1.56. The van der Waals surface area contributed by atoms with Crippen LogP contribution in [0.2, 0.25) is 0 Å². The van der Waals surface area contributed by atoms with E-state index in [0.717, 1.165) is 0 Å². The molecule has 0 aliphatic heterocycles. The van der Waals surface area contributed by atoms with Crippen molar-refractivity contribution in [1.29, 1.82) is 0 Å². The zero-order valence-corrected chi connectivity index (χ0v) is 5.87. The van der Waals surface area contributed by atoms with Crippen LogP contribution in [0, 0.1) is 0 Å². The number of hydrogen-bond donors (Lipinski definition) is 0. The van der Waals surface area contributed by atoms with Gasteiger partial charge in [-0.3, -0.25) is 4.79 Å². The largest absolute Gasteiger partial charge is 0.419 e. The van der Waals surface area contributed by atoms with E-state index < -0.39 is 11.7 Å². The molecule has 2 nitrogen and oxygen atoms in total. The highest BCUT2D eigenvalue weighted by molar-refractivity contribution is 7.07. The molecule has 1 aromatic heterocycles. The number of halogens is 3. The van der Waals surface area contributed by atoms with Gasteiger partial charge in [0, 0.05) is 0 Å². The first kappa shape index (κ1) is 8.19. The van der Waals surface area contributed by atoms with Gasteiger partial charge >= 0.3 is 6.18 Å².